The Hall–Kier alpha value is -0.620. The van der Waals surface area contributed by atoms with Crippen LogP contribution in [0.2, 0.25) is 0 Å². The number of thiophene rings is 1. The predicted octanol–water partition coefficient (Wildman–Crippen LogP) is 1.54. The third-order valence-corrected chi connectivity index (χ3v) is 4.20. The van der Waals surface area contributed by atoms with Gasteiger partial charge in [0, 0.05) is 24.6 Å². The fourth-order valence-electron chi connectivity index (χ4n) is 2.05. The van der Waals surface area contributed by atoms with Crippen LogP contribution in [0.4, 0.5) is 0 Å². The molecule has 1 aromatic rings. The van der Waals surface area contributed by atoms with Crippen LogP contribution in [0.5, 0.6) is 0 Å². The molecule has 0 aliphatic carbocycles. The zero-order valence-corrected chi connectivity index (χ0v) is 11.8. The highest BCUT2D eigenvalue weighted by molar-refractivity contribution is 7.09. The van der Waals surface area contributed by atoms with Gasteiger partial charge >= 0.3 is 0 Å². The lowest BCUT2D eigenvalue weighted by atomic mass is 9.79. The second-order valence-corrected chi connectivity index (χ2v) is 5.39. The Morgan fingerprint density at radius 3 is 2.78 bits per heavy atom. The van der Waals surface area contributed by atoms with Crippen molar-refractivity contribution in [3.63, 3.8) is 0 Å². The molecule has 0 spiro atoms. The monoisotopic (exact) mass is 290 g/mol. The summed E-state index contributed by atoms with van der Waals surface area (Å²) in [5.74, 6) is 0.0664. The van der Waals surface area contributed by atoms with Gasteiger partial charge in [0.15, 0.2) is 0 Å². The van der Waals surface area contributed by atoms with Crippen LogP contribution in [-0.2, 0) is 16.1 Å². The molecule has 0 aromatic carbocycles. The smallest absolute Gasteiger partial charge is 0.227 e. The van der Waals surface area contributed by atoms with Crippen molar-refractivity contribution in [1.29, 1.82) is 0 Å². The highest BCUT2D eigenvalue weighted by Gasteiger charge is 2.38. The Morgan fingerprint density at radius 2 is 2.22 bits per heavy atom. The van der Waals surface area contributed by atoms with Gasteiger partial charge in [-0.25, -0.2) is 0 Å². The molecule has 4 nitrogen and oxygen atoms in total. The van der Waals surface area contributed by atoms with E-state index in [-0.39, 0.29) is 18.3 Å². The van der Waals surface area contributed by atoms with Gasteiger partial charge in [-0.3, -0.25) is 4.79 Å². The van der Waals surface area contributed by atoms with Crippen LogP contribution in [0.1, 0.15) is 17.7 Å². The lowest BCUT2D eigenvalue weighted by Gasteiger charge is -2.34. The minimum absolute atomic E-state index is 0. The summed E-state index contributed by atoms with van der Waals surface area (Å²) in [6, 6.07) is 4.00. The van der Waals surface area contributed by atoms with E-state index in [1.807, 2.05) is 17.5 Å². The van der Waals surface area contributed by atoms with Gasteiger partial charge in [-0.15, -0.1) is 23.7 Å². The van der Waals surface area contributed by atoms with Crippen molar-refractivity contribution in [3.05, 3.63) is 22.4 Å². The summed E-state index contributed by atoms with van der Waals surface area (Å²) < 4.78 is 5.29. The number of nitrogens with one attached hydrogen (secondary N) is 1. The standard InChI is InChI=1S/C12H18N2O2S.ClH/c13-9-12(3-5-16-6-4-12)11(15)14-8-10-2-1-7-17-10;/h1-2,7H,3-6,8-9,13H2,(H,14,15);1H. The van der Waals surface area contributed by atoms with Crippen molar-refractivity contribution in [2.24, 2.45) is 11.1 Å². The average Bonchev–Trinajstić information content (AvgIpc) is 2.90. The first-order valence-corrected chi connectivity index (χ1v) is 6.73. The van der Waals surface area contributed by atoms with E-state index in [1.54, 1.807) is 11.3 Å². The normalized spacial score (nSPS) is 17.8. The van der Waals surface area contributed by atoms with Crippen LogP contribution >= 0.6 is 23.7 Å². The van der Waals surface area contributed by atoms with Gasteiger partial charge < -0.3 is 15.8 Å². The Balaban J connectivity index is 0.00000162. The highest BCUT2D eigenvalue weighted by atomic mass is 35.5. The highest BCUT2D eigenvalue weighted by Crippen LogP contribution is 2.29. The lowest BCUT2D eigenvalue weighted by molar-refractivity contribution is -0.136. The Labute approximate surface area is 117 Å². The summed E-state index contributed by atoms with van der Waals surface area (Å²) in [6.45, 7) is 2.25. The molecule has 1 aromatic heterocycles. The molecular weight excluding hydrogens is 272 g/mol. The summed E-state index contributed by atoms with van der Waals surface area (Å²) in [5.41, 5.74) is 5.35. The van der Waals surface area contributed by atoms with Crippen molar-refractivity contribution in [2.75, 3.05) is 19.8 Å². The molecule has 102 valence electrons. The molecule has 0 unspecified atom stereocenters. The van der Waals surface area contributed by atoms with E-state index in [9.17, 15) is 4.79 Å². The van der Waals surface area contributed by atoms with Gasteiger partial charge in [0.2, 0.25) is 5.91 Å². The lowest BCUT2D eigenvalue weighted by Crippen LogP contribution is -2.48. The molecular formula is C12H19ClN2O2S. The molecule has 18 heavy (non-hydrogen) atoms. The van der Waals surface area contributed by atoms with E-state index >= 15 is 0 Å². The van der Waals surface area contributed by atoms with Gasteiger partial charge in [-0.2, -0.15) is 0 Å². The third-order valence-electron chi connectivity index (χ3n) is 3.33. The number of amides is 1. The maximum atomic E-state index is 12.2. The molecule has 0 saturated carbocycles. The Morgan fingerprint density at radius 1 is 1.50 bits per heavy atom. The van der Waals surface area contributed by atoms with Gasteiger partial charge in [-0.1, -0.05) is 6.07 Å². The molecule has 2 rings (SSSR count). The van der Waals surface area contributed by atoms with E-state index in [2.05, 4.69) is 5.32 Å². The molecule has 6 heteroatoms. The molecule has 1 aliphatic rings. The molecule has 3 N–H and O–H groups in total. The van der Waals surface area contributed by atoms with Gasteiger partial charge in [-0.05, 0) is 24.3 Å². The first-order chi connectivity index (χ1) is 8.27. The minimum atomic E-state index is -0.421. The Kier molecular flexibility index (Phi) is 6.08. The SMILES string of the molecule is Cl.NCC1(C(=O)NCc2cccs2)CCOCC1. The van der Waals surface area contributed by atoms with E-state index < -0.39 is 5.41 Å². The number of halogens is 1. The summed E-state index contributed by atoms with van der Waals surface area (Å²) in [7, 11) is 0. The molecule has 1 amide bonds. The van der Waals surface area contributed by atoms with Crippen LogP contribution in [0.25, 0.3) is 0 Å². The van der Waals surface area contributed by atoms with Crippen LogP contribution in [-0.4, -0.2) is 25.7 Å². The molecule has 0 atom stereocenters. The first kappa shape index (κ1) is 15.4. The van der Waals surface area contributed by atoms with Crippen LogP contribution in [0.3, 0.4) is 0 Å². The van der Waals surface area contributed by atoms with E-state index in [4.69, 9.17) is 10.5 Å². The zero-order chi connectivity index (χ0) is 12.1. The molecule has 1 saturated heterocycles. The predicted molar refractivity (Wildman–Crippen MR) is 75.0 cm³/mol. The summed E-state index contributed by atoms with van der Waals surface area (Å²) in [6.07, 6.45) is 1.44. The molecule has 0 bridgehead atoms. The zero-order valence-electron chi connectivity index (χ0n) is 10.2. The summed E-state index contributed by atoms with van der Waals surface area (Å²) in [4.78, 5) is 13.4. The van der Waals surface area contributed by atoms with Crippen molar-refractivity contribution in [2.45, 2.75) is 19.4 Å². The van der Waals surface area contributed by atoms with Gasteiger partial charge in [0.05, 0.1) is 12.0 Å². The van der Waals surface area contributed by atoms with Crippen molar-refractivity contribution in [3.8, 4) is 0 Å². The summed E-state index contributed by atoms with van der Waals surface area (Å²) in [5, 5.41) is 4.99. The minimum Gasteiger partial charge on any atom is -0.381 e. The van der Waals surface area contributed by atoms with Crippen LogP contribution < -0.4 is 11.1 Å². The number of carbonyl (C=O) groups is 1. The van der Waals surface area contributed by atoms with E-state index in [0.29, 0.717) is 26.3 Å². The van der Waals surface area contributed by atoms with E-state index in [1.165, 1.54) is 0 Å². The second-order valence-electron chi connectivity index (χ2n) is 4.36. The van der Waals surface area contributed by atoms with Crippen molar-refractivity contribution in [1.82, 2.24) is 5.32 Å². The third kappa shape index (κ3) is 3.45. The second kappa shape index (κ2) is 7.09. The molecule has 2 heterocycles. The maximum absolute atomic E-state index is 12.2. The summed E-state index contributed by atoms with van der Waals surface area (Å²) >= 11 is 1.65. The fraction of sp³-hybridized carbons (Fsp3) is 0.583. The number of ether oxygens (including phenoxy) is 1. The van der Waals surface area contributed by atoms with Crippen LogP contribution in [0, 0.1) is 5.41 Å². The largest absolute Gasteiger partial charge is 0.381 e. The van der Waals surface area contributed by atoms with Gasteiger partial charge in [0.25, 0.3) is 0 Å². The maximum Gasteiger partial charge on any atom is 0.227 e. The fourth-order valence-corrected chi connectivity index (χ4v) is 2.70. The molecule has 1 fully saturated rings. The number of hydrogen-bond acceptors (Lipinski definition) is 4. The van der Waals surface area contributed by atoms with Crippen molar-refractivity contribution < 1.29 is 9.53 Å². The van der Waals surface area contributed by atoms with Gasteiger partial charge in [0.1, 0.15) is 0 Å². The quantitative estimate of drug-likeness (QED) is 0.884. The molecule has 1 aliphatic heterocycles. The van der Waals surface area contributed by atoms with Crippen molar-refractivity contribution >= 4 is 29.7 Å². The number of nitrogens with two attached hydrogens (primary N) is 1. The van der Waals surface area contributed by atoms with Crippen LogP contribution in [0.15, 0.2) is 17.5 Å². The first-order valence-electron chi connectivity index (χ1n) is 5.85. The number of carbonyl (C=O) groups excluding carboxylic acids is 1. The van der Waals surface area contributed by atoms with E-state index in [0.717, 1.165) is 17.7 Å². The molecule has 0 radical (unpaired) electrons. The number of hydrogen-bond donors (Lipinski definition) is 2. The number of rotatable bonds is 4. The average molecular weight is 291 g/mol. The Bertz CT molecular complexity index is 364. The topological polar surface area (TPSA) is 64.4 Å².